The summed E-state index contributed by atoms with van der Waals surface area (Å²) >= 11 is 6.29. The number of esters is 2. The lowest BCUT2D eigenvalue weighted by atomic mass is 9.82. The molecule has 1 aromatic rings. The van der Waals surface area contributed by atoms with Gasteiger partial charge in [0.2, 0.25) is 0 Å². The predicted molar refractivity (Wildman–Crippen MR) is 86.8 cm³/mol. The number of nitrogens with one attached hydrogen (secondary N) is 1. The van der Waals surface area contributed by atoms with Crippen molar-refractivity contribution < 1.29 is 19.1 Å². The molecule has 1 N–H and O–H groups in total. The van der Waals surface area contributed by atoms with E-state index in [9.17, 15) is 9.59 Å². The molecule has 1 heterocycles. The molecule has 0 saturated carbocycles. The van der Waals surface area contributed by atoms with E-state index in [1.807, 2.05) is 0 Å². The maximum absolute atomic E-state index is 12.4. The molecule has 122 valence electrons. The van der Waals surface area contributed by atoms with E-state index in [2.05, 4.69) is 5.32 Å². The highest BCUT2D eigenvalue weighted by atomic mass is 35.5. The quantitative estimate of drug-likeness (QED) is 0.857. The number of hydrogen-bond donors (Lipinski definition) is 1. The summed E-state index contributed by atoms with van der Waals surface area (Å²) in [6.45, 7) is 3.72. The van der Waals surface area contributed by atoms with Crippen molar-refractivity contribution >= 4 is 23.5 Å². The Bertz CT molecular complexity index is 694. The second-order valence-electron chi connectivity index (χ2n) is 4.95. The van der Waals surface area contributed by atoms with Crippen molar-refractivity contribution in [2.24, 2.45) is 0 Å². The summed E-state index contributed by atoms with van der Waals surface area (Å²) in [4.78, 5) is 24.6. The fraction of sp³-hybridized carbons (Fsp3) is 0.294. The van der Waals surface area contributed by atoms with E-state index in [4.69, 9.17) is 21.1 Å². The number of dihydropyridines is 1. The van der Waals surface area contributed by atoms with Gasteiger partial charge in [0.05, 0.1) is 30.8 Å². The lowest BCUT2D eigenvalue weighted by Gasteiger charge is -2.28. The molecule has 0 bridgehead atoms. The molecule has 1 aliphatic rings. The summed E-state index contributed by atoms with van der Waals surface area (Å²) in [6.07, 6.45) is 1.54. The molecule has 1 aromatic carbocycles. The molecule has 0 saturated heterocycles. The highest BCUT2D eigenvalue weighted by molar-refractivity contribution is 6.31. The number of methoxy groups -OCH3 is 1. The third-order valence-electron chi connectivity index (χ3n) is 3.58. The molecule has 0 fully saturated rings. The van der Waals surface area contributed by atoms with Crippen LogP contribution >= 0.6 is 11.6 Å². The number of allylic oxidation sites excluding steroid dienone is 1. The second-order valence-corrected chi connectivity index (χ2v) is 5.36. The van der Waals surface area contributed by atoms with Gasteiger partial charge in [0.25, 0.3) is 0 Å². The largest absolute Gasteiger partial charge is 0.466 e. The topological polar surface area (TPSA) is 64.6 Å². The van der Waals surface area contributed by atoms with E-state index in [1.54, 1.807) is 38.1 Å². The third kappa shape index (κ3) is 3.40. The van der Waals surface area contributed by atoms with Crippen molar-refractivity contribution in [3.05, 3.63) is 57.9 Å². The first-order valence-corrected chi connectivity index (χ1v) is 7.56. The van der Waals surface area contributed by atoms with Gasteiger partial charge >= 0.3 is 11.9 Å². The Morgan fingerprint density at radius 2 is 1.96 bits per heavy atom. The molecule has 23 heavy (non-hydrogen) atoms. The summed E-state index contributed by atoms with van der Waals surface area (Å²) in [6, 6.07) is 7.08. The highest BCUT2D eigenvalue weighted by Crippen LogP contribution is 2.39. The fourth-order valence-corrected chi connectivity index (χ4v) is 2.77. The van der Waals surface area contributed by atoms with Gasteiger partial charge in [-0.05, 0) is 25.5 Å². The number of halogens is 1. The highest BCUT2D eigenvalue weighted by Gasteiger charge is 2.36. The average Bonchev–Trinajstić information content (AvgIpc) is 2.54. The zero-order chi connectivity index (χ0) is 17.0. The molecule has 0 amide bonds. The molecule has 6 heteroatoms. The molecule has 1 atom stereocenters. The molecule has 2 rings (SSSR count). The van der Waals surface area contributed by atoms with Crippen LogP contribution in [-0.4, -0.2) is 25.7 Å². The standard InChI is InChI=1S/C17H18ClNO4/c1-4-23-17(21)14-10(2)19-9-12(16(20)22-3)15(14)11-7-5-6-8-13(11)18/h5-9,15,19H,4H2,1-3H3. The van der Waals surface area contributed by atoms with Gasteiger partial charge in [-0.1, -0.05) is 29.8 Å². The minimum atomic E-state index is -0.642. The average molecular weight is 336 g/mol. The Kier molecular flexibility index (Phi) is 5.45. The van der Waals surface area contributed by atoms with Crippen molar-refractivity contribution in [2.45, 2.75) is 19.8 Å². The summed E-state index contributed by atoms with van der Waals surface area (Å²) in [5.41, 5.74) is 1.91. The normalized spacial score (nSPS) is 17.2. The Labute approximate surface area is 139 Å². The van der Waals surface area contributed by atoms with E-state index >= 15 is 0 Å². The number of carbonyl (C=O) groups is 2. The zero-order valence-electron chi connectivity index (χ0n) is 13.2. The van der Waals surface area contributed by atoms with Gasteiger partial charge in [0.15, 0.2) is 0 Å². The predicted octanol–water partition coefficient (Wildman–Crippen LogP) is 2.92. The number of carbonyl (C=O) groups excluding carboxylic acids is 2. The Morgan fingerprint density at radius 3 is 2.57 bits per heavy atom. The Balaban J connectivity index is 2.60. The minimum absolute atomic E-state index is 0.238. The van der Waals surface area contributed by atoms with Crippen LogP contribution in [0.4, 0.5) is 0 Å². The molecule has 0 aromatic heterocycles. The lowest BCUT2D eigenvalue weighted by Crippen LogP contribution is -2.29. The van der Waals surface area contributed by atoms with Crippen molar-refractivity contribution in [3.8, 4) is 0 Å². The molecule has 0 spiro atoms. The summed E-state index contributed by atoms with van der Waals surface area (Å²) in [7, 11) is 1.29. The Morgan fingerprint density at radius 1 is 1.26 bits per heavy atom. The molecular formula is C17H18ClNO4. The molecular weight excluding hydrogens is 318 g/mol. The smallest absolute Gasteiger partial charge is 0.336 e. The number of rotatable bonds is 4. The molecule has 0 radical (unpaired) electrons. The first-order valence-electron chi connectivity index (χ1n) is 7.18. The van der Waals surface area contributed by atoms with Crippen LogP contribution in [0.25, 0.3) is 0 Å². The molecule has 5 nitrogen and oxygen atoms in total. The first kappa shape index (κ1) is 17.1. The fourth-order valence-electron chi connectivity index (χ4n) is 2.53. The van der Waals surface area contributed by atoms with Crippen LogP contribution < -0.4 is 5.32 Å². The number of hydrogen-bond acceptors (Lipinski definition) is 5. The van der Waals surface area contributed by atoms with Crippen molar-refractivity contribution in [1.29, 1.82) is 0 Å². The van der Waals surface area contributed by atoms with E-state index < -0.39 is 17.9 Å². The van der Waals surface area contributed by atoms with Gasteiger partial charge in [-0.15, -0.1) is 0 Å². The van der Waals surface area contributed by atoms with Gasteiger partial charge in [0.1, 0.15) is 0 Å². The van der Waals surface area contributed by atoms with Crippen molar-refractivity contribution in [2.75, 3.05) is 13.7 Å². The maximum Gasteiger partial charge on any atom is 0.336 e. The van der Waals surface area contributed by atoms with Crippen LogP contribution in [0.5, 0.6) is 0 Å². The van der Waals surface area contributed by atoms with Crippen LogP contribution in [0.1, 0.15) is 25.3 Å². The van der Waals surface area contributed by atoms with E-state index in [0.717, 1.165) is 0 Å². The third-order valence-corrected chi connectivity index (χ3v) is 3.92. The van der Waals surface area contributed by atoms with E-state index in [0.29, 0.717) is 27.4 Å². The monoisotopic (exact) mass is 335 g/mol. The van der Waals surface area contributed by atoms with Gasteiger partial charge < -0.3 is 14.8 Å². The summed E-state index contributed by atoms with van der Waals surface area (Å²) in [5, 5.41) is 3.39. The van der Waals surface area contributed by atoms with E-state index in [1.165, 1.54) is 13.3 Å². The van der Waals surface area contributed by atoms with Gasteiger partial charge in [-0.3, -0.25) is 0 Å². The van der Waals surface area contributed by atoms with Crippen LogP contribution in [0.15, 0.2) is 47.3 Å². The van der Waals surface area contributed by atoms with Gasteiger partial charge in [-0.2, -0.15) is 0 Å². The Hall–Kier alpha value is -2.27. The zero-order valence-corrected chi connectivity index (χ0v) is 13.9. The second kappa shape index (κ2) is 7.33. The van der Waals surface area contributed by atoms with E-state index in [-0.39, 0.29) is 6.61 Å². The van der Waals surface area contributed by atoms with Crippen LogP contribution in [-0.2, 0) is 19.1 Å². The molecule has 0 aliphatic carbocycles. The van der Waals surface area contributed by atoms with Crippen LogP contribution in [0.2, 0.25) is 5.02 Å². The summed E-state index contributed by atoms with van der Waals surface area (Å²) in [5.74, 6) is -1.66. The van der Waals surface area contributed by atoms with Crippen molar-refractivity contribution in [3.63, 3.8) is 0 Å². The molecule has 1 unspecified atom stereocenters. The number of benzene rings is 1. The molecule has 1 aliphatic heterocycles. The van der Waals surface area contributed by atoms with Gasteiger partial charge in [0, 0.05) is 16.9 Å². The first-order chi connectivity index (χ1) is 11.0. The lowest BCUT2D eigenvalue weighted by molar-refractivity contribution is -0.139. The summed E-state index contributed by atoms with van der Waals surface area (Å²) < 4.78 is 9.99. The van der Waals surface area contributed by atoms with Crippen LogP contribution in [0.3, 0.4) is 0 Å². The number of ether oxygens (including phenoxy) is 2. The maximum atomic E-state index is 12.4. The van der Waals surface area contributed by atoms with Crippen molar-refractivity contribution in [1.82, 2.24) is 5.32 Å². The van der Waals surface area contributed by atoms with Crippen LogP contribution in [0, 0.1) is 0 Å². The van der Waals surface area contributed by atoms with Gasteiger partial charge in [-0.25, -0.2) is 9.59 Å². The minimum Gasteiger partial charge on any atom is -0.466 e. The SMILES string of the molecule is CCOC(=O)C1=C(C)NC=C(C(=O)OC)C1c1ccccc1Cl.